The number of ether oxygens (including phenoxy) is 1. The lowest BCUT2D eigenvalue weighted by atomic mass is 9.81. The van der Waals surface area contributed by atoms with E-state index < -0.39 is 23.6 Å². The number of amides is 2. The highest BCUT2D eigenvalue weighted by atomic mass is 35.5. The third-order valence-electron chi connectivity index (χ3n) is 7.12. The molecule has 0 unspecified atom stereocenters. The molecular weight excluding hydrogens is 545 g/mol. The van der Waals surface area contributed by atoms with Crippen LogP contribution in [0.3, 0.4) is 0 Å². The van der Waals surface area contributed by atoms with Gasteiger partial charge in [-0.25, -0.2) is 14.2 Å². The Hall–Kier alpha value is -3.90. The number of carbonyl (C=O) groups is 2. The number of hydrogen-bond acceptors (Lipinski definition) is 5. The molecule has 1 aliphatic rings. The van der Waals surface area contributed by atoms with Gasteiger partial charge in [-0.1, -0.05) is 48.0 Å². The summed E-state index contributed by atoms with van der Waals surface area (Å²) in [7, 11) is 0. The van der Waals surface area contributed by atoms with Gasteiger partial charge < -0.3 is 20.4 Å². The minimum atomic E-state index is -0.656. The zero-order chi connectivity index (χ0) is 29.6. The summed E-state index contributed by atoms with van der Waals surface area (Å²) in [6.07, 6.45) is 3.10. The van der Waals surface area contributed by atoms with E-state index in [2.05, 4.69) is 20.6 Å². The van der Waals surface area contributed by atoms with E-state index in [1.54, 1.807) is 12.1 Å². The van der Waals surface area contributed by atoms with Crippen molar-refractivity contribution < 1.29 is 18.7 Å². The largest absolute Gasteiger partial charge is 0.444 e. The molecule has 3 N–H and O–H groups in total. The van der Waals surface area contributed by atoms with Crippen molar-refractivity contribution >= 4 is 23.6 Å². The van der Waals surface area contributed by atoms with Gasteiger partial charge in [0, 0.05) is 18.0 Å². The number of nitrogens with one attached hydrogen (secondary N) is 3. The van der Waals surface area contributed by atoms with Gasteiger partial charge in [-0.2, -0.15) is 5.26 Å². The molecule has 2 amide bonds. The fourth-order valence-electron chi connectivity index (χ4n) is 5.00. The number of carbonyl (C=O) groups excluding carboxylic acids is 2. The van der Waals surface area contributed by atoms with Crippen molar-refractivity contribution in [2.75, 3.05) is 6.54 Å². The van der Waals surface area contributed by atoms with Gasteiger partial charge >= 0.3 is 6.09 Å². The Bertz CT molecular complexity index is 1410. The van der Waals surface area contributed by atoms with Gasteiger partial charge in [0.2, 0.25) is 5.91 Å². The maximum absolute atomic E-state index is 14.3. The molecule has 1 heterocycles. The minimum Gasteiger partial charge on any atom is -0.444 e. The van der Waals surface area contributed by atoms with E-state index in [4.69, 9.17) is 21.6 Å². The van der Waals surface area contributed by atoms with Crippen LogP contribution in [-0.4, -0.2) is 34.1 Å². The molecule has 0 saturated heterocycles. The van der Waals surface area contributed by atoms with Crippen LogP contribution >= 0.6 is 11.6 Å². The summed E-state index contributed by atoms with van der Waals surface area (Å²) in [6, 6.07) is 15.3. The number of imidazole rings is 1. The van der Waals surface area contributed by atoms with Crippen LogP contribution in [0.15, 0.2) is 48.5 Å². The highest BCUT2D eigenvalue weighted by Gasteiger charge is 2.30. The molecule has 0 aliphatic heterocycles. The van der Waals surface area contributed by atoms with Gasteiger partial charge in [0.1, 0.15) is 34.2 Å². The van der Waals surface area contributed by atoms with E-state index >= 15 is 0 Å². The van der Waals surface area contributed by atoms with Crippen molar-refractivity contribution in [2.45, 2.75) is 64.5 Å². The van der Waals surface area contributed by atoms with Crippen LogP contribution in [0, 0.1) is 29.0 Å². The number of aromatic amines is 1. The maximum Gasteiger partial charge on any atom is 0.407 e. The second kappa shape index (κ2) is 13.2. The van der Waals surface area contributed by atoms with Gasteiger partial charge in [-0.3, -0.25) is 4.79 Å². The monoisotopic (exact) mass is 579 g/mol. The van der Waals surface area contributed by atoms with Crippen molar-refractivity contribution in [3.8, 4) is 17.3 Å². The molecule has 8 nitrogen and oxygen atoms in total. The molecule has 216 valence electrons. The molecular formula is C31H35ClFN5O3. The average Bonchev–Trinajstić information content (AvgIpc) is 3.33. The molecule has 0 spiro atoms. The zero-order valence-corrected chi connectivity index (χ0v) is 24.2. The second-order valence-electron chi connectivity index (χ2n) is 11.4. The van der Waals surface area contributed by atoms with Crippen LogP contribution in [0.5, 0.6) is 0 Å². The van der Waals surface area contributed by atoms with E-state index in [0.717, 1.165) is 18.4 Å². The molecule has 0 radical (unpaired) electrons. The van der Waals surface area contributed by atoms with Crippen LogP contribution in [0.2, 0.25) is 5.15 Å². The summed E-state index contributed by atoms with van der Waals surface area (Å²) in [5.74, 6) is -0.142. The van der Waals surface area contributed by atoms with E-state index in [1.807, 2.05) is 51.1 Å². The molecule has 4 rings (SSSR count). The molecule has 41 heavy (non-hydrogen) atoms. The molecule has 10 heteroatoms. The number of benzene rings is 2. The molecule has 1 aliphatic carbocycles. The summed E-state index contributed by atoms with van der Waals surface area (Å²) in [5, 5.41) is 15.3. The average molecular weight is 580 g/mol. The number of alkyl carbamates (subject to hydrolysis) is 1. The predicted octanol–water partition coefficient (Wildman–Crippen LogP) is 6.47. The van der Waals surface area contributed by atoms with Crippen molar-refractivity contribution in [2.24, 2.45) is 11.8 Å². The highest BCUT2D eigenvalue weighted by molar-refractivity contribution is 6.31. The first-order valence-electron chi connectivity index (χ1n) is 13.8. The standard InChI is InChI=1S/C31H35ClFN5O3/c1-31(2,3)41-30(40)35-18-20-9-11-21(12-10-20)29(39)36-25(15-19-7-5-4-6-8-19)28-37-26(27(32)38-28)22-13-14-23(17-34)24(33)16-22/h4-8,13-14,16,20-21,25H,9-12,15,18H2,1-3H3,(H,35,40)(H,36,39)(H,37,38)/t20-,21-,25-/m0/s1. The van der Waals surface area contributed by atoms with Crippen LogP contribution in [0.4, 0.5) is 9.18 Å². The summed E-state index contributed by atoms with van der Waals surface area (Å²) in [6.45, 7) is 5.99. The molecule has 3 aromatic rings. The third kappa shape index (κ3) is 8.30. The number of aromatic nitrogens is 2. The Morgan fingerprint density at radius 3 is 2.51 bits per heavy atom. The first-order valence-corrected chi connectivity index (χ1v) is 14.2. The van der Waals surface area contributed by atoms with E-state index in [-0.39, 0.29) is 28.5 Å². The topological polar surface area (TPSA) is 120 Å². The van der Waals surface area contributed by atoms with Gasteiger partial charge in [0.05, 0.1) is 11.6 Å². The fourth-order valence-corrected chi connectivity index (χ4v) is 5.25. The SMILES string of the molecule is CC(C)(C)OC(=O)NC[C@H]1CC[C@H](C(=O)N[C@@H](Cc2ccccc2)c2nc(-c3ccc(C#N)c(F)c3)c(Cl)[nH]2)CC1. The van der Waals surface area contributed by atoms with Gasteiger partial charge in [-0.15, -0.1) is 0 Å². The van der Waals surface area contributed by atoms with Crippen LogP contribution in [0.25, 0.3) is 11.3 Å². The smallest absolute Gasteiger partial charge is 0.407 e. The number of nitriles is 1. The number of hydrogen-bond donors (Lipinski definition) is 3. The van der Waals surface area contributed by atoms with Crippen LogP contribution < -0.4 is 10.6 Å². The first kappa shape index (κ1) is 30.1. The number of nitrogens with zero attached hydrogens (tertiary/aromatic N) is 2. The van der Waals surface area contributed by atoms with Crippen LogP contribution in [0.1, 0.15) is 69.4 Å². The van der Waals surface area contributed by atoms with E-state index in [9.17, 15) is 14.0 Å². The van der Waals surface area contributed by atoms with Gasteiger partial charge in [0.15, 0.2) is 0 Å². The number of H-pyrrole nitrogens is 1. The van der Waals surface area contributed by atoms with Crippen LogP contribution in [-0.2, 0) is 16.0 Å². The third-order valence-corrected chi connectivity index (χ3v) is 7.40. The fraction of sp³-hybridized carbons (Fsp3) is 0.419. The van der Waals surface area contributed by atoms with Gasteiger partial charge in [0.25, 0.3) is 0 Å². The Morgan fingerprint density at radius 1 is 1.17 bits per heavy atom. The molecule has 1 saturated carbocycles. The summed E-state index contributed by atoms with van der Waals surface area (Å²) < 4.78 is 19.6. The number of halogens is 2. The normalized spacial score (nSPS) is 17.8. The predicted molar refractivity (Wildman–Crippen MR) is 154 cm³/mol. The lowest BCUT2D eigenvalue weighted by molar-refractivity contribution is -0.127. The molecule has 2 aromatic carbocycles. The Labute approximate surface area is 244 Å². The second-order valence-corrected chi connectivity index (χ2v) is 11.8. The van der Waals surface area contributed by atoms with Crippen molar-refractivity contribution in [3.05, 3.63) is 76.5 Å². The quantitative estimate of drug-likeness (QED) is 0.282. The lowest BCUT2D eigenvalue weighted by Crippen LogP contribution is -2.39. The number of rotatable bonds is 8. The Morgan fingerprint density at radius 2 is 1.88 bits per heavy atom. The van der Waals surface area contributed by atoms with Crippen molar-refractivity contribution in [1.29, 1.82) is 5.26 Å². The van der Waals surface area contributed by atoms with Crippen molar-refractivity contribution in [3.63, 3.8) is 0 Å². The summed E-state index contributed by atoms with van der Waals surface area (Å²) >= 11 is 6.48. The maximum atomic E-state index is 14.3. The summed E-state index contributed by atoms with van der Waals surface area (Å²) in [5.41, 5.74) is 1.17. The first-order chi connectivity index (χ1) is 19.5. The Kier molecular flexibility index (Phi) is 9.66. The molecule has 1 aromatic heterocycles. The molecule has 1 fully saturated rings. The van der Waals surface area contributed by atoms with Gasteiger partial charge in [-0.05, 0) is 76.5 Å². The molecule has 0 bridgehead atoms. The highest BCUT2D eigenvalue weighted by Crippen LogP contribution is 2.32. The van der Waals surface area contributed by atoms with Crippen molar-refractivity contribution in [1.82, 2.24) is 20.6 Å². The summed E-state index contributed by atoms with van der Waals surface area (Å²) in [4.78, 5) is 33.1. The lowest BCUT2D eigenvalue weighted by Gasteiger charge is -2.29. The minimum absolute atomic E-state index is 0.0646. The Balaban J connectivity index is 1.43. The van der Waals surface area contributed by atoms with E-state index in [0.29, 0.717) is 42.9 Å². The zero-order valence-electron chi connectivity index (χ0n) is 23.5. The van der Waals surface area contributed by atoms with E-state index in [1.165, 1.54) is 12.1 Å². The molecule has 1 atom stereocenters.